The molecule has 254 valence electrons. The Bertz CT molecular complexity index is 1070. The zero-order valence-electron chi connectivity index (χ0n) is 31.3. The Hall–Kier alpha value is -0.506. The lowest BCUT2D eigenvalue weighted by Gasteiger charge is -2.45. The van der Waals surface area contributed by atoms with Crippen LogP contribution in [-0.2, 0) is 13.6 Å². The lowest BCUT2D eigenvalue weighted by Crippen LogP contribution is -2.49. The van der Waals surface area contributed by atoms with Gasteiger partial charge >= 0.3 is 0 Å². The molecule has 0 bridgehead atoms. The summed E-state index contributed by atoms with van der Waals surface area (Å²) in [6, 6.07) is 0. The predicted molar refractivity (Wildman–Crippen MR) is 193 cm³/mol. The highest BCUT2D eigenvalue weighted by Crippen LogP contribution is 2.58. The minimum Gasteiger partial charge on any atom is -0.413 e. The number of aliphatic hydroxyl groups is 1. The second-order valence-corrected chi connectivity index (χ2v) is 28.0. The standard InChI is InChI=1S/C38H70O4Si2/c1-27-30(25-31(41-43(12,13)35(3,4)5)26-34(27)42-44(14,15)36(6,7)8)19-18-29-17-16-22-38(11)32(20-21-33(29)38)28(2)40-24-23-37(9,10)39/h18-19,28,31-34,39H,1,16-17,20-26H2,2-15H3/b29-18+,30-19?/t28-,31+,32+,33-,34-,38+/m0/s1. The third-order valence-electron chi connectivity index (χ3n) is 12.4. The molecule has 0 aromatic heterocycles. The molecule has 0 aromatic rings. The minimum absolute atomic E-state index is 0.0124. The lowest BCUT2D eigenvalue weighted by molar-refractivity contribution is -0.0454. The van der Waals surface area contributed by atoms with E-state index in [-0.39, 0.29) is 33.8 Å². The van der Waals surface area contributed by atoms with Gasteiger partial charge in [0.2, 0.25) is 0 Å². The molecule has 6 heteroatoms. The van der Waals surface area contributed by atoms with Gasteiger partial charge in [0, 0.05) is 13.0 Å². The minimum atomic E-state index is -1.98. The van der Waals surface area contributed by atoms with Crippen LogP contribution in [0.25, 0.3) is 0 Å². The molecule has 3 aliphatic rings. The summed E-state index contributed by atoms with van der Waals surface area (Å²) in [5, 5.41) is 10.5. The Morgan fingerprint density at radius 2 is 1.55 bits per heavy atom. The van der Waals surface area contributed by atoms with E-state index in [1.165, 1.54) is 43.3 Å². The van der Waals surface area contributed by atoms with E-state index < -0.39 is 22.2 Å². The molecule has 0 unspecified atom stereocenters. The van der Waals surface area contributed by atoms with Crippen molar-refractivity contribution < 1.29 is 18.7 Å². The van der Waals surface area contributed by atoms with Crippen molar-refractivity contribution in [2.24, 2.45) is 17.3 Å². The Morgan fingerprint density at radius 1 is 0.955 bits per heavy atom. The van der Waals surface area contributed by atoms with Crippen molar-refractivity contribution in [2.45, 2.75) is 181 Å². The van der Waals surface area contributed by atoms with Gasteiger partial charge in [-0.25, -0.2) is 0 Å². The molecule has 0 aromatic carbocycles. The number of fused-ring (bicyclic) bond motifs is 1. The molecule has 4 nitrogen and oxygen atoms in total. The van der Waals surface area contributed by atoms with Gasteiger partial charge in [-0.05, 0) is 130 Å². The van der Waals surface area contributed by atoms with Crippen molar-refractivity contribution >= 4 is 16.6 Å². The highest BCUT2D eigenvalue weighted by atomic mass is 28.4. The van der Waals surface area contributed by atoms with E-state index in [1.807, 2.05) is 13.8 Å². The van der Waals surface area contributed by atoms with Gasteiger partial charge in [-0.15, -0.1) is 0 Å². The van der Waals surface area contributed by atoms with Crippen molar-refractivity contribution in [3.8, 4) is 0 Å². The summed E-state index contributed by atoms with van der Waals surface area (Å²) in [5.74, 6) is 1.16. The molecule has 0 heterocycles. The first-order chi connectivity index (χ1) is 19.9. The van der Waals surface area contributed by atoms with Crippen LogP contribution < -0.4 is 0 Å². The number of hydrogen-bond donors (Lipinski definition) is 1. The summed E-state index contributed by atoms with van der Waals surface area (Å²) in [6.07, 6.45) is 13.9. The SMILES string of the molecule is C=C1C(=C/C=C2\CCC[C@]3(C)[C@@H]([C@H](C)OCCC(C)(C)O)CC[C@@H]23)C[C@@H](O[Si](C)(C)C(C)(C)C)C[C@@H]1O[Si](C)(C)C(C)(C)C. The quantitative estimate of drug-likeness (QED) is 0.240. The van der Waals surface area contributed by atoms with Crippen LogP contribution in [0.1, 0.15) is 121 Å². The van der Waals surface area contributed by atoms with Gasteiger partial charge in [0.15, 0.2) is 16.6 Å². The molecule has 1 N–H and O–H groups in total. The van der Waals surface area contributed by atoms with Crippen LogP contribution in [0.3, 0.4) is 0 Å². The third-order valence-corrected chi connectivity index (χ3v) is 21.5. The zero-order chi connectivity index (χ0) is 33.5. The van der Waals surface area contributed by atoms with E-state index >= 15 is 0 Å². The number of rotatable bonds is 10. The first-order valence-corrected chi connectivity index (χ1v) is 23.5. The molecule has 3 rings (SSSR count). The average Bonchev–Trinajstić information content (AvgIpc) is 3.20. The predicted octanol–water partition coefficient (Wildman–Crippen LogP) is 10.8. The van der Waals surface area contributed by atoms with Gasteiger partial charge in [-0.2, -0.15) is 0 Å². The molecule has 0 radical (unpaired) electrons. The fraction of sp³-hybridized carbons (Fsp3) is 0.842. The Balaban J connectivity index is 1.86. The number of allylic oxidation sites excluding steroid dienone is 3. The van der Waals surface area contributed by atoms with Gasteiger partial charge in [-0.1, -0.05) is 72.8 Å². The monoisotopic (exact) mass is 646 g/mol. The first kappa shape index (κ1) is 37.9. The van der Waals surface area contributed by atoms with Crippen LogP contribution in [0.15, 0.2) is 35.5 Å². The van der Waals surface area contributed by atoms with Crippen molar-refractivity contribution in [3.05, 3.63) is 35.5 Å². The largest absolute Gasteiger partial charge is 0.413 e. The molecule has 3 saturated carbocycles. The summed E-state index contributed by atoms with van der Waals surface area (Å²) >= 11 is 0. The Labute approximate surface area is 274 Å². The average molecular weight is 647 g/mol. The van der Waals surface area contributed by atoms with E-state index in [0.717, 1.165) is 12.8 Å². The summed E-state index contributed by atoms with van der Waals surface area (Å²) in [7, 11) is -3.92. The normalized spacial score (nSPS) is 31.9. The highest BCUT2D eigenvalue weighted by molar-refractivity contribution is 6.74. The van der Waals surface area contributed by atoms with E-state index in [2.05, 4.69) is 100 Å². The van der Waals surface area contributed by atoms with E-state index in [0.29, 0.717) is 24.9 Å². The summed E-state index contributed by atoms with van der Waals surface area (Å²) in [5.41, 5.74) is 3.68. The first-order valence-electron chi connectivity index (χ1n) is 17.7. The molecule has 0 spiro atoms. The molecular weight excluding hydrogens is 577 g/mol. The van der Waals surface area contributed by atoms with Crippen molar-refractivity contribution in [2.75, 3.05) is 6.61 Å². The molecule has 44 heavy (non-hydrogen) atoms. The molecule has 0 aliphatic heterocycles. The Kier molecular flexibility index (Phi) is 11.7. The number of hydrogen-bond acceptors (Lipinski definition) is 4. The van der Waals surface area contributed by atoms with E-state index in [9.17, 15) is 5.11 Å². The van der Waals surface area contributed by atoms with Crippen molar-refractivity contribution in [1.29, 1.82) is 0 Å². The third kappa shape index (κ3) is 8.89. The van der Waals surface area contributed by atoms with Crippen LogP contribution in [0, 0.1) is 17.3 Å². The van der Waals surface area contributed by atoms with E-state index in [1.54, 1.807) is 5.57 Å². The summed E-state index contributed by atoms with van der Waals surface area (Å²) in [4.78, 5) is 0. The lowest BCUT2D eigenvalue weighted by atomic mass is 9.62. The molecule has 6 atom stereocenters. The maximum Gasteiger partial charge on any atom is 0.192 e. The van der Waals surface area contributed by atoms with Gasteiger partial charge in [0.25, 0.3) is 0 Å². The Morgan fingerprint density at radius 3 is 2.11 bits per heavy atom. The van der Waals surface area contributed by atoms with Crippen LogP contribution in [-0.4, -0.2) is 52.3 Å². The molecule has 0 amide bonds. The number of ether oxygens (including phenoxy) is 1. The van der Waals surface area contributed by atoms with Crippen LogP contribution >= 0.6 is 0 Å². The molecule has 0 saturated heterocycles. The van der Waals surface area contributed by atoms with Crippen LogP contribution in [0.2, 0.25) is 36.3 Å². The van der Waals surface area contributed by atoms with Crippen molar-refractivity contribution in [1.82, 2.24) is 0 Å². The van der Waals surface area contributed by atoms with Gasteiger partial charge in [0.1, 0.15) is 0 Å². The van der Waals surface area contributed by atoms with E-state index in [4.69, 9.17) is 13.6 Å². The van der Waals surface area contributed by atoms with Crippen LogP contribution in [0.5, 0.6) is 0 Å². The molecule has 3 fully saturated rings. The maximum absolute atomic E-state index is 10.2. The fourth-order valence-electron chi connectivity index (χ4n) is 7.43. The summed E-state index contributed by atoms with van der Waals surface area (Å²) < 4.78 is 20.5. The maximum atomic E-state index is 10.2. The van der Waals surface area contributed by atoms with Crippen LogP contribution in [0.4, 0.5) is 0 Å². The second-order valence-electron chi connectivity index (χ2n) is 18.5. The molecule has 3 aliphatic carbocycles. The topological polar surface area (TPSA) is 47.9 Å². The van der Waals surface area contributed by atoms with Gasteiger partial charge in [-0.3, -0.25) is 0 Å². The second kappa shape index (κ2) is 13.5. The van der Waals surface area contributed by atoms with Gasteiger partial charge < -0.3 is 18.7 Å². The zero-order valence-corrected chi connectivity index (χ0v) is 33.3. The van der Waals surface area contributed by atoms with Crippen molar-refractivity contribution in [3.63, 3.8) is 0 Å². The smallest absolute Gasteiger partial charge is 0.192 e. The summed E-state index contributed by atoms with van der Waals surface area (Å²) in [6.45, 7) is 37.2. The highest BCUT2D eigenvalue weighted by Gasteiger charge is 2.51. The van der Waals surface area contributed by atoms with Gasteiger partial charge in [0.05, 0.1) is 23.9 Å². The fourth-order valence-corrected chi connectivity index (χ4v) is 10.1. The molecular formula is C38H70O4Si2.